The van der Waals surface area contributed by atoms with Crippen LogP contribution in [0.15, 0.2) is 12.7 Å². The summed E-state index contributed by atoms with van der Waals surface area (Å²) in [5.41, 5.74) is 0. The summed E-state index contributed by atoms with van der Waals surface area (Å²) in [6, 6.07) is 2.53. The molecule has 1 aliphatic rings. The van der Waals surface area contributed by atoms with Crippen LogP contribution in [0.1, 0.15) is 14.3 Å². The van der Waals surface area contributed by atoms with Gasteiger partial charge in [0, 0.05) is 8.03 Å². The average molecular weight is 144 g/mol. The van der Waals surface area contributed by atoms with E-state index in [4.69, 9.17) is 4.43 Å². The molecule has 1 rings (SSSR count). The summed E-state index contributed by atoms with van der Waals surface area (Å²) >= 11 is 0. The molecule has 0 aromatic rings. The number of hydrogen-bond donors (Lipinski definition) is 0. The first-order chi connectivity index (χ1) is 4.43. The number of allylic oxidation sites excluding steroid dienone is 1. The normalized spacial score (nSPS) is 27.8. The Hall–Kier alpha value is -0.0831. The van der Waals surface area contributed by atoms with Gasteiger partial charge in [-0.15, -0.1) is 6.58 Å². The summed E-state index contributed by atoms with van der Waals surface area (Å²) in [5, 5.41) is 0. The van der Waals surface area contributed by atoms with Crippen LogP contribution < -0.4 is 0 Å². The predicted octanol–water partition coefficient (Wildman–Crippen LogP) is 1.95. The smallest absolute Gasteiger partial charge is 0.180 e. The topological polar surface area (TPSA) is 9.23 Å². The molecule has 1 atom stereocenters. The Morgan fingerprint density at radius 1 is 1.67 bits per heavy atom. The van der Waals surface area contributed by atoms with E-state index in [1.165, 1.54) is 24.9 Å². The highest BCUT2D eigenvalue weighted by Crippen LogP contribution is 2.13. The first-order valence-electron chi connectivity index (χ1n) is 3.66. The minimum atomic E-state index is -0.744. The molecule has 0 bridgehead atoms. The SMILES string of the molecule is C=CC[SiH]1CCCCO1.[HH]. The molecular formula is C7H16OSi. The highest BCUT2D eigenvalue weighted by molar-refractivity contribution is 6.52. The van der Waals surface area contributed by atoms with Crippen LogP contribution in [0.5, 0.6) is 0 Å². The van der Waals surface area contributed by atoms with Gasteiger partial charge in [-0.25, -0.2) is 0 Å². The van der Waals surface area contributed by atoms with Crippen LogP contribution in [0.4, 0.5) is 0 Å². The van der Waals surface area contributed by atoms with Crippen LogP contribution in [0.2, 0.25) is 12.1 Å². The number of rotatable bonds is 2. The van der Waals surface area contributed by atoms with Crippen LogP contribution in [0.25, 0.3) is 0 Å². The molecule has 0 amide bonds. The van der Waals surface area contributed by atoms with E-state index in [2.05, 4.69) is 6.58 Å². The third-order valence-corrected chi connectivity index (χ3v) is 4.32. The van der Waals surface area contributed by atoms with E-state index >= 15 is 0 Å². The van der Waals surface area contributed by atoms with Gasteiger partial charge in [-0.1, -0.05) is 12.5 Å². The zero-order chi connectivity index (χ0) is 6.53. The first-order valence-corrected chi connectivity index (χ1v) is 5.76. The molecule has 1 aliphatic heterocycles. The van der Waals surface area contributed by atoms with Crippen molar-refractivity contribution in [3.8, 4) is 0 Å². The highest BCUT2D eigenvalue weighted by Gasteiger charge is 2.13. The summed E-state index contributed by atoms with van der Waals surface area (Å²) in [6.07, 6.45) is 4.67. The Bertz CT molecular complexity index is 91.6. The van der Waals surface area contributed by atoms with Crippen molar-refractivity contribution in [3.63, 3.8) is 0 Å². The van der Waals surface area contributed by atoms with Gasteiger partial charge in [-0.05, 0) is 18.5 Å². The fourth-order valence-electron chi connectivity index (χ4n) is 1.18. The Balaban J connectivity index is 0.000000810. The van der Waals surface area contributed by atoms with Crippen LogP contribution in [0, 0.1) is 0 Å². The molecular weight excluding hydrogens is 128 g/mol. The molecule has 1 heterocycles. The van der Waals surface area contributed by atoms with Crippen molar-refractivity contribution < 1.29 is 5.85 Å². The molecule has 0 N–H and O–H groups in total. The lowest BCUT2D eigenvalue weighted by Crippen LogP contribution is -2.21. The van der Waals surface area contributed by atoms with E-state index in [1.54, 1.807) is 0 Å². The second kappa shape index (κ2) is 3.85. The lowest BCUT2D eigenvalue weighted by atomic mass is 10.4. The molecule has 0 aliphatic carbocycles. The van der Waals surface area contributed by atoms with Crippen molar-refractivity contribution >= 4 is 9.04 Å². The van der Waals surface area contributed by atoms with Gasteiger partial charge in [0.1, 0.15) is 0 Å². The molecule has 0 saturated carbocycles. The summed E-state index contributed by atoms with van der Waals surface area (Å²) in [6.45, 7) is 4.73. The second-order valence-electron chi connectivity index (χ2n) is 2.51. The van der Waals surface area contributed by atoms with Crippen molar-refractivity contribution in [2.45, 2.75) is 24.9 Å². The summed E-state index contributed by atoms with van der Waals surface area (Å²) < 4.78 is 5.59. The Morgan fingerprint density at radius 2 is 2.56 bits per heavy atom. The van der Waals surface area contributed by atoms with Crippen molar-refractivity contribution in [2.24, 2.45) is 0 Å². The molecule has 1 saturated heterocycles. The van der Waals surface area contributed by atoms with E-state index in [9.17, 15) is 0 Å². The molecule has 1 fully saturated rings. The summed E-state index contributed by atoms with van der Waals surface area (Å²) in [7, 11) is -0.744. The monoisotopic (exact) mass is 144 g/mol. The third-order valence-electron chi connectivity index (χ3n) is 1.70. The molecule has 0 aromatic heterocycles. The molecule has 9 heavy (non-hydrogen) atoms. The van der Waals surface area contributed by atoms with Gasteiger partial charge in [0.25, 0.3) is 0 Å². The largest absolute Gasteiger partial charge is 0.420 e. The molecule has 0 radical (unpaired) electrons. The zero-order valence-electron chi connectivity index (χ0n) is 5.81. The third kappa shape index (κ3) is 2.33. The quantitative estimate of drug-likeness (QED) is 0.425. The standard InChI is InChI=1S/C7H14OSi.H2/c1-2-6-9-7-4-3-5-8-9;/h2,9H,1,3-7H2;1H. The fourth-order valence-corrected chi connectivity index (χ4v) is 3.33. The van der Waals surface area contributed by atoms with E-state index in [-0.39, 0.29) is 1.43 Å². The van der Waals surface area contributed by atoms with Crippen molar-refractivity contribution in [3.05, 3.63) is 12.7 Å². The van der Waals surface area contributed by atoms with E-state index < -0.39 is 9.04 Å². The number of hydrogen-bond acceptors (Lipinski definition) is 1. The van der Waals surface area contributed by atoms with Crippen LogP contribution in [-0.4, -0.2) is 15.6 Å². The summed E-state index contributed by atoms with van der Waals surface area (Å²) in [4.78, 5) is 0. The maximum Gasteiger partial charge on any atom is 0.180 e. The molecule has 1 unspecified atom stereocenters. The van der Waals surface area contributed by atoms with Gasteiger partial charge in [0.05, 0.1) is 0 Å². The Kier molecular flexibility index (Phi) is 3.01. The van der Waals surface area contributed by atoms with Crippen LogP contribution in [0.3, 0.4) is 0 Å². The van der Waals surface area contributed by atoms with Gasteiger partial charge in [-0.3, -0.25) is 0 Å². The van der Waals surface area contributed by atoms with Crippen LogP contribution >= 0.6 is 0 Å². The fraction of sp³-hybridized carbons (Fsp3) is 0.714. The molecule has 1 nitrogen and oxygen atoms in total. The van der Waals surface area contributed by atoms with Crippen molar-refractivity contribution in [2.75, 3.05) is 6.61 Å². The minimum Gasteiger partial charge on any atom is -0.420 e. The maximum absolute atomic E-state index is 5.59. The average Bonchev–Trinajstić information content (AvgIpc) is 1.91. The molecule has 2 heteroatoms. The highest BCUT2D eigenvalue weighted by atomic mass is 28.3. The Labute approximate surface area is 59.9 Å². The van der Waals surface area contributed by atoms with Gasteiger partial charge < -0.3 is 4.43 Å². The summed E-state index contributed by atoms with van der Waals surface area (Å²) in [5.74, 6) is 0. The van der Waals surface area contributed by atoms with Gasteiger partial charge in [-0.2, -0.15) is 0 Å². The van der Waals surface area contributed by atoms with Gasteiger partial charge >= 0.3 is 0 Å². The molecule has 54 valence electrons. The van der Waals surface area contributed by atoms with E-state index in [1.807, 2.05) is 6.08 Å². The van der Waals surface area contributed by atoms with Gasteiger partial charge in [0.15, 0.2) is 9.04 Å². The van der Waals surface area contributed by atoms with Gasteiger partial charge in [0.2, 0.25) is 0 Å². The minimum absolute atomic E-state index is 0. The predicted molar refractivity (Wildman–Crippen MR) is 44.3 cm³/mol. The Morgan fingerprint density at radius 3 is 3.11 bits per heavy atom. The van der Waals surface area contributed by atoms with E-state index in [0.29, 0.717) is 0 Å². The van der Waals surface area contributed by atoms with Crippen LogP contribution in [-0.2, 0) is 4.43 Å². The molecule has 0 aromatic carbocycles. The lowest BCUT2D eigenvalue weighted by Gasteiger charge is -2.19. The van der Waals surface area contributed by atoms with E-state index in [0.717, 1.165) is 6.61 Å². The first kappa shape index (κ1) is 7.03. The zero-order valence-corrected chi connectivity index (χ0v) is 6.96. The molecule has 0 spiro atoms. The lowest BCUT2D eigenvalue weighted by molar-refractivity contribution is 0.288. The maximum atomic E-state index is 5.59. The van der Waals surface area contributed by atoms with Crippen molar-refractivity contribution in [1.29, 1.82) is 0 Å². The van der Waals surface area contributed by atoms with Crippen molar-refractivity contribution in [1.82, 2.24) is 0 Å². The second-order valence-corrected chi connectivity index (χ2v) is 5.14.